The number of anilines is 1. The third-order valence-corrected chi connectivity index (χ3v) is 6.62. The van der Waals surface area contributed by atoms with Crippen LogP contribution < -0.4 is 4.90 Å². The minimum atomic E-state index is -4.51. The summed E-state index contributed by atoms with van der Waals surface area (Å²) in [6.07, 6.45) is 3.14. The highest BCUT2D eigenvalue weighted by Gasteiger charge is 2.35. The number of halogens is 3. The first-order valence-corrected chi connectivity index (χ1v) is 12.2. The van der Waals surface area contributed by atoms with Crippen LogP contribution in [0.1, 0.15) is 72.9 Å². The molecule has 0 aromatic heterocycles. The van der Waals surface area contributed by atoms with E-state index in [0.717, 1.165) is 74.8 Å². The van der Waals surface area contributed by atoms with Gasteiger partial charge in [-0.15, -0.1) is 0 Å². The van der Waals surface area contributed by atoms with Crippen molar-refractivity contribution < 1.29 is 22.8 Å². The van der Waals surface area contributed by atoms with Crippen molar-refractivity contribution in [1.29, 1.82) is 0 Å². The lowest BCUT2D eigenvalue weighted by molar-refractivity contribution is -0.137. The van der Waals surface area contributed by atoms with E-state index in [2.05, 4.69) is 0 Å². The van der Waals surface area contributed by atoms with Gasteiger partial charge in [-0.25, -0.2) is 0 Å². The lowest BCUT2D eigenvalue weighted by Gasteiger charge is -2.29. The molecule has 1 fully saturated rings. The fourth-order valence-electron chi connectivity index (χ4n) is 4.56. The molecular formula is C27H31F3N2O2. The first-order chi connectivity index (χ1) is 16.3. The Hall–Kier alpha value is -2.83. The molecule has 0 spiro atoms. The van der Waals surface area contributed by atoms with Crippen molar-refractivity contribution in [1.82, 2.24) is 4.90 Å². The zero-order valence-electron chi connectivity index (χ0n) is 19.3. The molecule has 0 atom stereocenters. The molecule has 2 aromatic carbocycles. The molecule has 0 radical (unpaired) electrons. The summed E-state index contributed by atoms with van der Waals surface area (Å²) < 4.78 is 39.7. The Morgan fingerprint density at radius 2 is 1.50 bits per heavy atom. The van der Waals surface area contributed by atoms with Crippen LogP contribution in [0.4, 0.5) is 18.9 Å². The summed E-state index contributed by atoms with van der Waals surface area (Å²) in [5.74, 6) is -0.208. The van der Waals surface area contributed by atoms with Crippen LogP contribution in [0.2, 0.25) is 0 Å². The summed E-state index contributed by atoms with van der Waals surface area (Å²) in [6.45, 7) is 1.35. The van der Waals surface area contributed by atoms with Crippen molar-refractivity contribution in [2.45, 2.75) is 64.1 Å². The van der Waals surface area contributed by atoms with Gasteiger partial charge < -0.3 is 9.80 Å². The second-order valence-electron chi connectivity index (χ2n) is 9.32. The molecule has 1 aliphatic carbocycles. The van der Waals surface area contributed by atoms with E-state index in [1.54, 1.807) is 4.90 Å². The van der Waals surface area contributed by atoms with Crippen LogP contribution in [-0.2, 0) is 17.5 Å². The van der Waals surface area contributed by atoms with E-state index in [0.29, 0.717) is 13.1 Å². The normalized spacial score (nSPS) is 18.3. The molecule has 34 heavy (non-hydrogen) atoms. The van der Waals surface area contributed by atoms with Gasteiger partial charge in [-0.05, 0) is 55.5 Å². The Morgan fingerprint density at radius 3 is 2.21 bits per heavy atom. The van der Waals surface area contributed by atoms with Crippen LogP contribution in [-0.4, -0.2) is 29.8 Å². The highest BCUT2D eigenvalue weighted by atomic mass is 19.4. The largest absolute Gasteiger partial charge is 0.416 e. The number of hydrogen-bond donors (Lipinski definition) is 0. The second kappa shape index (κ2) is 10.6. The molecule has 1 heterocycles. The number of amides is 2. The van der Waals surface area contributed by atoms with Crippen LogP contribution in [0.3, 0.4) is 0 Å². The average molecular weight is 473 g/mol. The second-order valence-corrected chi connectivity index (χ2v) is 9.32. The lowest BCUT2D eigenvalue weighted by atomic mass is 10.1. The van der Waals surface area contributed by atoms with Gasteiger partial charge in [0.1, 0.15) is 0 Å². The predicted octanol–water partition coefficient (Wildman–Crippen LogP) is 6.45. The minimum Gasteiger partial charge on any atom is -0.334 e. The fourth-order valence-corrected chi connectivity index (χ4v) is 4.56. The Kier molecular flexibility index (Phi) is 7.59. The zero-order chi connectivity index (χ0) is 24.1. The molecule has 2 aromatic rings. The highest BCUT2D eigenvalue weighted by Crippen LogP contribution is 2.35. The number of fused-ring (bicyclic) bond motifs is 1. The third-order valence-electron chi connectivity index (χ3n) is 6.62. The van der Waals surface area contributed by atoms with Gasteiger partial charge in [-0.1, -0.05) is 49.9 Å². The summed E-state index contributed by atoms with van der Waals surface area (Å²) in [4.78, 5) is 30.0. The number of benzene rings is 2. The summed E-state index contributed by atoms with van der Waals surface area (Å²) in [5, 5.41) is 0. The number of alkyl halides is 3. The van der Waals surface area contributed by atoms with Gasteiger partial charge in [0.25, 0.3) is 5.91 Å². The average Bonchev–Trinajstić information content (AvgIpc) is 3.66. The maximum atomic E-state index is 13.4. The van der Waals surface area contributed by atoms with Crippen LogP contribution in [0.5, 0.6) is 0 Å². The van der Waals surface area contributed by atoms with Crippen LogP contribution in [0.25, 0.3) is 0 Å². The number of para-hydroxylation sites is 1. The van der Waals surface area contributed by atoms with Gasteiger partial charge in [-0.3, -0.25) is 9.59 Å². The summed E-state index contributed by atoms with van der Waals surface area (Å²) in [6, 6.07) is 12.2. The monoisotopic (exact) mass is 472 g/mol. The summed E-state index contributed by atoms with van der Waals surface area (Å²) in [7, 11) is 0. The van der Waals surface area contributed by atoms with Crippen LogP contribution in [0.15, 0.2) is 48.5 Å². The molecule has 0 N–H and O–H groups in total. The van der Waals surface area contributed by atoms with Crippen LogP contribution >= 0.6 is 0 Å². The molecule has 2 aliphatic rings. The van der Waals surface area contributed by atoms with Gasteiger partial charge in [0.15, 0.2) is 0 Å². The van der Waals surface area contributed by atoms with Crippen molar-refractivity contribution in [2.24, 2.45) is 5.92 Å². The van der Waals surface area contributed by atoms with E-state index in [9.17, 15) is 22.8 Å². The van der Waals surface area contributed by atoms with Crippen molar-refractivity contribution in [3.05, 3.63) is 65.2 Å². The number of rotatable bonds is 2. The smallest absolute Gasteiger partial charge is 0.334 e. The maximum Gasteiger partial charge on any atom is 0.416 e. The van der Waals surface area contributed by atoms with Crippen molar-refractivity contribution >= 4 is 17.5 Å². The summed E-state index contributed by atoms with van der Waals surface area (Å²) in [5.41, 5.74) is 0.852. The van der Waals surface area contributed by atoms with E-state index in [4.69, 9.17) is 0 Å². The Balaban J connectivity index is 1.66. The molecule has 4 rings (SSSR count). The molecule has 1 aliphatic heterocycles. The molecule has 2 amide bonds. The molecule has 7 heteroatoms. The predicted molar refractivity (Wildman–Crippen MR) is 125 cm³/mol. The minimum absolute atomic E-state index is 0.0301. The Morgan fingerprint density at radius 1 is 0.824 bits per heavy atom. The number of carbonyl (C=O) groups excluding carboxylic acids is 2. The van der Waals surface area contributed by atoms with Crippen molar-refractivity contribution in [3.63, 3.8) is 0 Å². The SMILES string of the molecule is O=C(c1cccc(C(F)(F)F)c1)N1CCCCCCCCN(C(=O)C2CC2)c2ccccc2C1. The van der Waals surface area contributed by atoms with Gasteiger partial charge >= 0.3 is 6.18 Å². The van der Waals surface area contributed by atoms with E-state index < -0.39 is 17.6 Å². The number of nitrogens with zero attached hydrogens (tertiary/aromatic N) is 2. The molecule has 0 saturated heterocycles. The molecule has 182 valence electrons. The van der Waals surface area contributed by atoms with E-state index in [1.807, 2.05) is 29.2 Å². The molecule has 0 bridgehead atoms. The fraction of sp³-hybridized carbons (Fsp3) is 0.481. The highest BCUT2D eigenvalue weighted by molar-refractivity contribution is 5.97. The maximum absolute atomic E-state index is 13.4. The quantitative estimate of drug-likeness (QED) is 0.504. The first kappa shape index (κ1) is 24.3. The topological polar surface area (TPSA) is 40.6 Å². The van der Waals surface area contributed by atoms with E-state index in [1.165, 1.54) is 12.1 Å². The van der Waals surface area contributed by atoms with Gasteiger partial charge in [-0.2, -0.15) is 13.2 Å². The Labute approximate surface area is 198 Å². The number of hydrogen-bond acceptors (Lipinski definition) is 2. The van der Waals surface area contributed by atoms with Gasteiger partial charge in [0, 0.05) is 36.8 Å². The van der Waals surface area contributed by atoms with Crippen LogP contribution in [0, 0.1) is 5.92 Å². The third kappa shape index (κ3) is 5.99. The summed E-state index contributed by atoms with van der Waals surface area (Å²) >= 11 is 0. The van der Waals surface area contributed by atoms with E-state index >= 15 is 0 Å². The van der Waals surface area contributed by atoms with Crippen molar-refractivity contribution in [3.8, 4) is 0 Å². The zero-order valence-corrected chi connectivity index (χ0v) is 19.3. The lowest BCUT2D eigenvalue weighted by Crippen LogP contribution is -2.36. The van der Waals surface area contributed by atoms with Gasteiger partial charge in [0.2, 0.25) is 5.91 Å². The first-order valence-electron chi connectivity index (χ1n) is 12.2. The molecule has 4 nitrogen and oxygen atoms in total. The van der Waals surface area contributed by atoms with Gasteiger partial charge in [0.05, 0.1) is 5.56 Å². The van der Waals surface area contributed by atoms with Crippen molar-refractivity contribution in [2.75, 3.05) is 18.0 Å². The standard InChI is InChI=1S/C27H31F3N2O2/c28-27(29,30)23-12-9-11-21(18-23)25(33)31-16-7-3-1-2-4-8-17-32(26(34)20-14-15-20)24-13-6-5-10-22(24)19-31/h5-6,9-13,18,20H,1-4,7-8,14-17,19H2. The number of carbonyl (C=O) groups is 2. The molecule has 1 saturated carbocycles. The molecule has 0 unspecified atom stereocenters. The molecular weight excluding hydrogens is 441 g/mol. The Bertz CT molecular complexity index is 1020. The van der Waals surface area contributed by atoms with E-state index in [-0.39, 0.29) is 23.9 Å².